The molecule has 3 rings (SSSR count). The molecule has 26 heavy (non-hydrogen) atoms. The average molecular weight is 368 g/mol. The van der Waals surface area contributed by atoms with Crippen LogP contribution in [0.15, 0.2) is 24.5 Å². The molecular weight excluding hydrogens is 349 g/mol. The van der Waals surface area contributed by atoms with Gasteiger partial charge in [-0.15, -0.1) is 0 Å². The van der Waals surface area contributed by atoms with E-state index in [-0.39, 0.29) is 11.8 Å². The maximum Gasteiger partial charge on any atom is 0.433 e. The molecule has 0 saturated carbocycles. The van der Waals surface area contributed by atoms with Crippen molar-refractivity contribution in [3.63, 3.8) is 0 Å². The van der Waals surface area contributed by atoms with Crippen LogP contribution >= 0.6 is 0 Å². The van der Waals surface area contributed by atoms with Gasteiger partial charge in [-0.25, -0.2) is 4.98 Å². The van der Waals surface area contributed by atoms with Gasteiger partial charge >= 0.3 is 6.18 Å². The minimum atomic E-state index is -4.45. The maximum absolute atomic E-state index is 12.8. The summed E-state index contributed by atoms with van der Waals surface area (Å²) >= 11 is 0. The summed E-state index contributed by atoms with van der Waals surface area (Å²) in [6, 6.07) is 2.77. The zero-order chi connectivity index (χ0) is 18.7. The molecule has 1 aliphatic rings. The molecule has 3 N–H and O–H groups in total. The van der Waals surface area contributed by atoms with E-state index < -0.39 is 11.9 Å². The van der Waals surface area contributed by atoms with Gasteiger partial charge in [-0.3, -0.25) is 4.98 Å². The van der Waals surface area contributed by atoms with Gasteiger partial charge in [0.1, 0.15) is 5.69 Å². The molecule has 0 aliphatic carbocycles. The van der Waals surface area contributed by atoms with E-state index in [1.54, 1.807) is 13.1 Å². The number of pyridine rings is 1. The first-order valence-electron chi connectivity index (χ1n) is 8.15. The fourth-order valence-corrected chi connectivity index (χ4v) is 2.86. The Hall–Kier alpha value is -2.78. The van der Waals surface area contributed by atoms with Crippen molar-refractivity contribution < 1.29 is 18.3 Å². The Morgan fingerprint density at radius 1 is 1.23 bits per heavy atom. The monoisotopic (exact) mass is 368 g/mol. The first-order valence-corrected chi connectivity index (χ1v) is 8.15. The molecule has 1 saturated heterocycles. The Morgan fingerprint density at radius 2 is 1.96 bits per heavy atom. The van der Waals surface area contributed by atoms with Crippen LogP contribution in [0.2, 0.25) is 0 Å². The van der Waals surface area contributed by atoms with Gasteiger partial charge in [0.15, 0.2) is 11.6 Å². The number of halogens is 3. The highest BCUT2D eigenvalue weighted by Gasteiger charge is 2.33. The number of hydrogen-bond acceptors (Lipinski definition) is 7. The van der Waals surface area contributed by atoms with E-state index in [4.69, 9.17) is 0 Å². The van der Waals surface area contributed by atoms with Crippen molar-refractivity contribution in [2.45, 2.75) is 25.1 Å². The molecule has 0 aromatic carbocycles. The zero-order valence-electron chi connectivity index (χ0n) is 14.1. The Bertz CT molecular complexity index is 762. The molecule has 1 aliphatic heterocycles. The highest BCUT2D eigenvalue weighted by Crippen LogP contribution is 2.31. The molecule has 2 aromatic heterocycles. The first kappa shape index (κ1) is 18.0. The van der Waals surface area contributed by atoms with Gasteiger partial charge in [-0.05, 0) is 25.0 Å². The molecule has 1 fully saturated rings. The average Bonchev–Trinajstić information content (AvgIpc) is 2.63. The normalized spacial score (nSPS) is 15.8. The number of hydrogen-bond donors (Lipinski definition) is 3. The highest BCUT2D eigenvalue weighted by molar-refractivity contribution is 5.51. The van der Waals surface area contributed by atoms with Crippen molar-refractivity contribution >= 4 is 17.5 Å². The van der Waals surface area contributed by atoms with Crippen LogP contribution in [-0.2, 0) is 6.18 Å². The summed E-state index contributed by atoms with van der Waals surface area (Å²) in [7, 11) is 1.65. The molecule has 0 radical (unpaired) electrons. The molecule has 140 valence electrons. The van der Waals surface area contributed by atoms with Gasteiger partial charge in [-0.1, -0.05) is 0 Å². The van der Waals surface area contributed by atoms with Crippen molar-refractivity contribution in [2.75, 3.05) is 35.7 Å². The summed E-state index contributed by atoms with van der Waals surface area (Å²) in [4.78, 5) is 13.5. The Morgan fingerprint density at radius 3 is 2.62 bits per heavy atom. The van der Waals surface area contributed by atoms with Crippen molar-refractivity contribution in [3.8, 4) is 5.75 Å². The molecule has 7 nitrogen and oxygen atoms in total. The van der Waals surface area contributed by atoms with Crippen LogP contribution in [0, 0.1) is 0 Å². The topological polar surface area (TPSA) is 86.2 Å². The lowest BCUT2D eigenvalue weighted by molar-refractivity contribution is -0.141. The fourth-order valence-electron chi connectivity index (χ4n) is 2.86. The molecular formula is C16H19F3N6O. The van der Waals surface area contributed by atoms with E-state index >= 15 is 0 Å². The first-order chi connectivity index (χ1) is 12.4. The summed E-state index contributed by atoms with van der Waals surface area (Å²) in [6.45, 7) is 1.21. The number of nitrogens with zero attached hydrogens (tertiary/aromatic N) is 4. The number of anilines is 3. The van der Waals surface area contributed by atoms with Gasteiger partial charge in [-0.2, -0.15) is 18.2 Å². The van der Waals surface area contributed by atoms with Gasteiger partial charge in [0.25, 0.3) is 0 Å². The SMILES string of the molecule is CNc1nc(NC2CCN(c3ccnc(C(F)(F)F)c3)CC2)ncc1O. The zero-order valence-corrected chi connectivity index (χ0v) is 14.1. The number of piperidine rings is 1. The minimum Gasteiger partial charge on any atom is -0.503 e. The third-order valence-electron chi connectivity index (χ3n) is 4.23. The number of nitrogens with one attached hydrogen (secondary N) is 2. The number of aromatic nitrogens is 3. The highest BCUT2D eigenvalue weighted by atomic mass is 19.4. The van der Waals surface area contributed by atoms with Gasteiger partial charge in [0.2, 0.25) is 5.95 Å². The van der Waals surface area contributed by atoms with Crippen LogP contribution in [0.1, 0.15) is 18.5 Å². The predicted molar refractivity (Wildman–Crippen MR) is 91.3 cm³/mol. The van der Waals surface area contributed by atoms with Crippen LogP contribution in [0.5, 0.6) is 5.75 Å². The quantitative estimate of drug-likeness (QED) is 0.765. The fraction of sp³-hybridized carbons (Fsp3) is 0.438. The van der Waals surface area contributed by atoms with E-state index in [1.165, 1.54) is 12.4 Å². The molecule has 0 amide bonds. The summed E-state index contributed by atoms with van der Waals surface area (Å²) in [5, 5.41) is 15.5. The van der Waals surface area contributed by atoms with E-state index in [0.29, 0.717) is 30.5 Å². The predicted octanol–water partition coefficient (Wildman–Crippen LogP) is 2.72. The standard InChI is InChI=1S/C16H19F3N6O/c1-20-14-12(26)9-22-15(24-14)23-10-3-6-25(7-4-10)11-2-5-21-13(8-11)16(17,18)19/h2,5,8-10,26H,3-4,6-7H2,1H3,(H2,20,22,23,24). The molecule has 10 heteroatoms. The van der Waals surface area contributed by atoms with Crippen LogP contribution in [0.25, 0.3) is 0 Å². The summed E-state index contributed by atoms with van der Waals surface area (Å²) < 4.78 is 38.4. The van der Waals surface area contributed by atoms with Crippen molar-refractivity contribution in [1.29, 1.82) is 0 Å². The van der Waals surface area contributed by atoms with Crippen LogP contribution in [0.4, 0.5) is 30.6 Å². The lowest BCUT2D eigenvalue weighted by Gasteiger charge is -2.34. The van der Waals surface area contributed by atoms with Crippen LogP contribution in [0.3, 0.4) is 0 Å². The van der Waals surface area contributed by atoms with E-state index in [9.17, 15) is 18.3 Å². The molecule has 0 spiro atoms. The van der Waals surface area contributed by atoms with E-state index in [1.807, 2.05) is 4.90 Å². The van der Waals surface area contributed by atoms with Crippen molar-refractivity contribution in [1.82, 2.24) is 15.0 Å². The molecule has 3 heterocycles. The number of alkyl halides is 3. The summed E-state index contributed by atoms with van der Waals surface area (Å²) in [5.41, 5.74) is -0.364. The molecule has 0 atom stereocenters. The lowest BCUT2D eigenvalue weighted by atomic mass is 10.0. The second-order valence-electron chi connectivity index (χ2n) is 5.98. The van der Waals surface area contributed by atoms with Gasteiger partial charge in [0.05, 0.1) is 6.20 Å². The third-order valence-corrected chi connectivity index (χ3v) is 4.23. The molecule has 0 bridgehead atoms. The van der Waals surface area contributed by atoms with Crippen molar-refractivity contribution in [3.05, 3.63) is 30.2 Å². The van der Waals surface area contributed by atoms with E-state index in [2.05, 4.69) is 25.6 Å². The van der Waals surface area contributed by atoms with Crippen LogP contribution < -0.4 is 15.5 Å². The second-order valence-corrected chi connectivity index (χ2v) is 5.98. The third kappa shape index (κ3) is 4.06. The Labute approximate surface area is 148 Å². The van der Waals surface area contributed by atoms with Crippen LogP contribution in [-0.4, -0.2) is 46.2 Å². The second kappa shape index (κ2) is 7.22. The summed E-state index contributed by atoms with van der Waals surface area (Å²) in [6.07, 6.45) is -0.499. The molecule has 2 aromatic rings. The molecule has 0 unspecified atom stereocenters. The number of rotatable bonds is 4. The lowest BCUT2D eigenvalue weighted by Crippen LogP contribution is -2.39. The smallest absolute Gasteiger partial charge is 0.433 e. The van der Waals surface area contributed by atoms with Crippen molar-refractivity contribution in [2.24, 2.45) is 0 Å². The largest absolute Gasteiger partial charge is 0.503 e. The maximum atomic E-state index is 12.8. The van der Waals surface area contributed by atoms with Gasteiger partial charge < -0.3 is 20.6 Å². The minimum absolute atomic E-state index is 0.0361. The summed E-state index contributed by atoms with van der Waals surface area (Å²) in [5.74, 6) is 0.691. The number of aromatic hydroxyl groups is 1. The van der Waals surface area contributed by atoms with Gasteiger partial charge in [0, 0.05) is 38.1 Å². The Kier molecular flexibility index (Phi) is 5.01. The Balaban J connectivity index is 1.61. The van der Waals surface area contributed by atoms with E-state index in [0.717, 1.165) is 18.9 Å².